The number of benzene rings is 2. The Labute approximate surface area is 166 Å². The maximum Gasteiger partial charge on any atom is 0.255 e. The summed E-state index contributed by atoms with van der Waals surface area (Å²) < 4.78 is 19.5. The Morgan fingerprint density at radius 2 is 1.79 bits per heavy atom. The average Bonchev–Trinajstić information content (AvgIpc) is 3.26. The summed E-state index contributed by atoms with van der Waals surface area (Å²) in [4.78, 5) is 20.1. The lowest BCUT2D eigenvalue weighted by molar-refractivity contribution is 0.102. The predicted octanol–water partition coefficient (Wildman–Crippen LogP) is 4.44. The third kappa shape index (κ3) is 3.91. The Morgan fingerprint density at radius 3 is 2.41 bits per heavy atom. The van der Waals surface area contributed by atoms with Crippen molar-refractivity contribution >= 4 is 11.6 Å². The van der Waals surface area contributed by atoms with Gasteiger partial charge in [-0.1, -0.05) is 0 Å². The molecule has 4 rings (SSSR count). The van der Waals surface area contributed by atoms with Crippen LogP contribution in [0.15, 0.2) is 46.9 Å². The highest BCUT2D eigenvalue weighted by molar-refractivity contribution is 6.05. The van der Waals surface area contributed by atoms with Gasteiger partial charge in [-0.15, -0.1) is 10.2 Å². The zero-order valence-electron chi connectivity index (χ0n) is 16.1. The lowest BCUT2D eigenvalue weighted by Gasteiger charge is -2.08. The van der Waals surface area contributed by atoms with Crippen LogP contribution in [0.1, 0.15) is 27.8 Å². The number of carbonyl (C=O) groups excluding carboxylic acids is 1. The SMILES string of the molecule is Cc1nc(-c2cc(F)cc(C(=O)Nc3ccc(-c4nnc(C)o4)cc3)c2)c(C)[nH]1. The Hall–Kier alpha value is -3.81. The molecule has 2 N–H and O–H groups in total. The van der Waals surface area contributed by atoms with Gasteiger partial charge in [0.15, 0.2) is 0 Å². The second kappa shape index (κ2) is 7.31. The van der Waals surface area contributed by atoms with Crippen LogP contribution in [-0.2, 0) is 0 Å². The van der Waals surface area contributed by atoms with Crippen LogP contribution in [0, 0.1) is 26.6 Å². The minimum Gasteiger partial charge on any atom is -0.421 e. The molecule has 0 saturated heterocycles. The number of hydrogen-bond donors (Lipinski definition) is 2. The number of nitrogens with zero attached hydrogens (tertiary/aromatic N) is 3. The van der Waals surface area contributed by atoms with Crippen molar-refractivity contribution in [2.24, 2.45) is 0 Å². The minimum absolute atomic E-state index is 0.205. The lowest BCUT2D eigenvalue weighted by atomic mass is 10.1. The highest BCUT2D eigenvalue weighted by atomic mass is 19.1. The number of halogens is 1. The Balaban J connectivity index is 1.56. The Morgan fingerprint density at radius 1 is 1.03 bits per heavy atom. The van der Waals surface area contributed by atoms with Crippen LogP contribution >= 0.6 is 0 Å². The van der Waals surface area contributed by atoms with Crippen molar-refractivity contribution in [3.63, 3.8) is 0 Å². The smallest absolute Gasteiger partial charge is 0.255 e. The molecule has 0 atom stereocenters. The maximum absolute atomic E-state index is 14.2. The topological polar surface area (TPSA) is 96.7 Å². The lowest BCUT2D eigenvalue weighted by Crippen LogP contribution is -2.12. The van der Waals surface area contributed by atoms with Crippen LogP contribution in [-0.4, -0.2) is 26.1 Å². The molecule has 146 valence electrons. The number of rotatable bonds is 4. The molecule has 0 aliphatic heterocycles. The van der Waals surface area contributed by atoms with Crippen molar-refractivity contribution < 1.29 is 13.6 Å². The molecule has 0 radical (unpaired) electrons. The summed E-state index contributed by atoms with van der Waals surface area (Å²) in [6, 6.07) is 11.1. The molecule has 2 heterocycles. The second-order valence-electron chi connectivity index (χ2n) is 6.68. The molecule has 0 saturated carbocycles. The highest BCUT2D eigenvalue weighted by Crippen LogP contribution is 2.25. The van der Waals surface area contributed by atoms with E-state index < -0.39 is 11.7 Å². The zero-order chi connectivity index (χ0) is 20.5. The van der Waals surface area contributed by atoms with Gasteiger partial charge in [-0.05, 0) is 56.3 Å². The van der Waals surface area contributed by atoms with Gasteiger partial charge in [0.25, 0.3) is 5.91 Å². The van der Waals surface area contributed by atoms with Crippen molar-refractivity contribution in [2.75, 3.05) is 5.32 Å². The first-order chi connectivity index (χ1) is 13.9. The van der Waals surface area contributed by atoms with E-state index in [1.165, 1.54) is 12.1 Å². The quantitative estimate of drug-likeness (QED) is 0.536. The van der Waals surface area contributed by atoms with Gasteiger partial charge < -0.3 is 14.7 Å². The first-order valence-electron chi connectivity index (χ1n) is 8.95. The summed E-state index contributed by atoms with van der Waals surface area (Å²) >= 11 is 0. The third-order valence-electron chi connectivity index (χ3n) is 4.35. The van der Waals surface area contributed by atoms with Crippen LogP contribution in [0.3, 0.4) is 0 Å². The van der Waals surface area contributed by atoms with E-state index in [-0.39, 0.29) is 5.56 Å². The molecule has 4 aromatic rings. The number of aromatic amines is 1. The third-order valence-corrected chi connectivity index (χ3v) is 4.35. The molecular weight excluding hydrogens is 373 g/mol. The summed E-state index contributed by atoms with van der Waals surface area (Å²) in [5.41, 5.74) is 3.48. The molecule has 0 unspecified atom stereocenters. The fourth-order valence-corrected chi connectivity index (χ4v) is 3.06. The number of H-pyrrole nitrogens is 1. The molecule has 29 heavy (non-hydrogen) atoms. The van der Waals surface area contributed by atoms with Gasteiger partial charge in [0.05, 0.1) is 5.69 Å². The number of aromatic nitrogens is 4. The summed E-state index contributed by atoms with van der Waals surface area (Å²) in [6.45, 7) is 5.39. The van der Waals surface area contributed by atoms with E-state index in [4.69, 9.17) is 4.42 Å². The van der Waals surface area contributed by atoms with Gasteiger partial charge >= 0.3 is 0 Å². The summed E-state index contributed by atoms with van der Waals surface area (Å²) in [5.74, 6) is 0.678. The van der Waals surface area contributed by atoms with Gasteiger partial charge in [-0.25, -0.2) is 9.37 Å². The predicted molar refractivity (Wildman–Crippen MR) is 106 cm³/mol. The van der Waals surface area contributed by atoms with Crippen LogP contribution in [0.25, 0.3) is 22.7 Å². The molecule has 0 spiro atoms. The van der Waals surface area contributed by atoms with Gasteiger partial charge in [0.1, 0.15) is 11.6 Å². The standard InChI is InChI=1S/C21H18FN5O2/c1-11-19(24-12(2)23-11)15-8-16(10-17(22)9-15)20(28)25-18-6-4-14(5-7-18)21-27-26-13(3)29-21/h4-10H,1-3H3,(H,23,24)(H,25,28). The number of imidazole rings is 1. The van der Waals surface area contributed by atoms with E-state index >= 15 is 0 Å². The molecule has 2 aromatic heterocycles. The molecule has 1 amide bonds. The second-order valence-corrected chi connectivity index (χ2v) is 6.68. The van der Waals surface area contributed by atoms with Gasteiger partial charge in [0.2, 0.25) is 11.8 Å². The Kier molecular flexibility index (Phi) is 4.67. The first-order valence-corrected chi connectivity index (χ1v) is 8.95. The van der Waals surface area contributed by atoms with E-state index in [2.05, 4.69) is 25.5 Å². The molecule has 0 bridgehead atoms. The number of anilines is 1. The van der Waals surface area contributed by atoms with Crippen LogP contribution in [0.5, 0.6) is 0 Å². The van der Waals surface area contributed by atoms with Crippen molar-refractivity contribution in [3.05, 3.63) is 71.3 Å². The van der Waals surface area contributed by atoms with Gasteiger partial charge in [0, 0.05) is 35.0 Å². The van der Waals surface area contributed by atoms with Crippen LogP contribution in [0.4, 0.5) is 10.1 Å². The van der Waals surface area contributed by atoms with Crippen molar-refractivity contribution in [2.45, 2.75) is 20.8 Å². The molecule has 2 aromatic carbocycles. The number of carbonyl (C=O) groups is 1. The molecular formula is C21H18FN5O2. The summed E-state index contributed by atoms with van der Waals surface area (Å²) in [6.07, 6.45) is 0. The molecule has 7 nitrogen and oxygen atoms in total. The maximum atomic E-state index is 14.2. The first kappa shape index (κ1) is 18.5. The van der Waals surface area contributed by atoms with Crippen molar-refractivity contribution in [3.8, 4) is 22.7 Å². The normalized spacial score (nSPS) is 10.9. The molecule has 0 fully saturated rings. The summed E-state index contributed by atoms with van der Waals surface area (Å²) in [5, 5.41) is 10.5. The van der Waals surface area contributed by atoms with E-state index in [0.717, 1.165) is 17.1 Å². The zero-order valence-corrected chi connectivity index (χ0v) is 16.1. The Bertz CT molecular complexity index is 1190. The number of nitrogens with one attached hydrogen (secondary N) is 2. The molecule has 0 aliphatic rings. The van der Waals surface area contributed by atoms with E-state index in [1.807, 2.05) is 13.8 Å². The van der Waals surface area contributed by atoms with E-state index in [0.29, 0.717) is 28.7 Å². The van der Waals surface area contributed by atoms with Crippen LogP contribution in [0.2, 0.25) is 0 Å². The van der Waals surface area contributed by atoms with Crippen molar-refractivity contribution in [1.29, 1.82) is 0 Å². The fraction of sp³-hybridized carbons (Fsp3) is 0.143. The van der Waals surface area contributed by atoms with Gasteiger partial charge in [-0.2, -0.15) is 0 Å². The monoisotopic (exact) mass is 391 g/mol. The van der Waals surface area contributed by atoms with E-state index in [1.54, 1.807) is 37.3 Å². The molecule has 0 aliphatic carbocycles. The van der Waals surface area contributed by atoms with E-state index in [9.17, 15) is 9.18 Å². The molecule has 8 heteroatoms. The number of hydrogen-bond acceptors (Lipinski definition) is 5. The number of amides is 1. The van der Waals surface area contributed by atoms with Gasteiger partial charge in [-0.3, -0.25) is 4.79 Å². The average molecular weight is 391 g/mol. The van der Waals surface area contributed by atoms with Crippen molar-refractivity contribution in [1.82, 2.24) is 20.2 Å². The fourth-order valence-electron chi connectivity index (χ4n) is 3.06. The minimum atomic E-state index is -0.505. The van der Waals surface area contributed by atoms with Crippen LogP contribution < -0.4 is 5.32 Å². The number of aryl methyl sites for hydroxylation is 3. The highest BCUT2D eigenvalue weighted by Gasteiger charge is 2.14. The summed E-state index contributed by atoms with van der Waals surface area (Å²) in [7, 11) is 0. The largest absolute Gasteiger partial charge is 0.421 e.